The zero-order chi connectivity index (χ0) is 23.3. The number of nitriles is 2. The number of carbonyl (C=O) groups is 2. The Hall–Kier alpha value is -3.09. The van der Waals surface area contributed by atoms with Gasteiger partial charge in [0.15, 0.2) is 18.1 Å². The van der Waals surface area contributed by atoms with E-state index in [2.05, 4.69) is 11.4 Å². The van der Waals surface area contributed by atoms with Crippen molar-refractivity contribution in [3.63, 3.8) is 0 Å². The number of carboxylic acids is 1. The number of carboxylic acid groups (broad SMARTS) is 1. The molecule has 1 amide bonds. The van der Waals surface area contributed by atoms with Gasteiger partial charge in [-0.15, -0.1) is 11.3 Å². The molecule has 0 atom stereocenters. The minimum atomic E-state index is -1.12. The fourth-order valence-corrected chi connectivity index (χ4v) is 5.37. The lowest BCUT2D eigenvalue weighted by atomic mass is 9.96. The Labute approximate surface area is 202 Å². The molecule has 2 N–H and O–H groups in total. The van der Waals surface area contributed by atoms with Gasteiger partial charge in [0.1, 0.15) is 22.7 Å². The average Bonchev–Trinajstić information content (AvgIpc) is 3.12. The van der Waals surface area contributed by atoms with E-state index in [1.165, 1.54) is 24.5 Å². The third-order valence-electron chi connectivity index (χ3n) is 4.78. The number of rotatable bonds is 7. The largest absolute Gasteiger partial charge is 0.493 e. The number of hydrogen-bond donors (Lipinski definition) is 2. The maximum atomic E-state index is 12.8. The number of nitrogens with one attached hydrogen (secondary N) is 1. The molecule has 0 saturated heterocycles. The molecule has 1 aliphatic carbocycles. The van der Waals surface area contributed by atoms with Crippen LogP contribution in [0.25, 0.3) is 6.08 Å². The summed E-state index contributed by atoms with van der Waals surface area (Å²) in [5.74, 6) is -1.19. The highest BCUT2D eigenvalue weighted by Gasteiger charge is 2.23. The van der Waals surface area contributed by atoms with E-state index in [0.29, 0.717) is 19.7 Å². The summed E-state index contributed by atoms with van der Waals surface area (Å²) < 4.78 is 11.1. The zero-order valence-electron chi connectivity index (χ0n) is 17.0. The van der Waals surface area contributed by atoms with E-state index >= 15 is 0 Å². The number of aliphatic carboxylic acids is 1. The Kier molecular flexibility index (Phi) is 7.72. The lowest BCUT2D eigenvalue weighted by Gasteiger charge is -2.12. The monoisotopic (exact) mass is 563 g/mol. The first-order valence-electron chi connectivity index (χ1n) is 9.57. The van der Waals surface area contributed by atoms with Gasteiger partial charge in [0.05, 0.1) is 16.2 Å². The van der Waals surface area contributed by atoms with E-state index in [1.807, 2.05) is 28.7 Å². The van der Waals surface area contributed by atoms with E-state index in [1.54, 1.807) is 12.1 Å². The first kappa shape index (κ1) is 23.6. The van der Waals surface area contributed by atoms with Crippen molar-refractivity contribution in [2.24, 2.45) is 0 Å². The van der Waals surface area contributed by atoms with E-state index < -0.39 is 18.5 Å². The van der Waals surface area contributed by atoms with E-state index in [-0.39, 0.29) is 17.1 Å². The first-order chi connectivity index (χ1) is 15.4. The summed E-state index contributed by atoms with van der Waals surface area (Å²) in [6.07, 6.45) is 5.18. The maximum absolute atomic E-state index is 12.8. The van der Waals surface area contributed by atoms with Crippen LogP contribution in [0.2, 0.25) is 0 Å². The SMILES string of the molecule is COc1cc(C=C(C#N)C(=O)Nc2sc3c(c2C#N)CCCC3)cc(I)c1OCC(=O)O. The number of hydrogen-bond acceptors (Lipinski definition) is 7. The molecule has 1 aromatic carbocycles. The summed E-state index contributed by atoms with van der Waals surface area (Å²) >= 11 is 3.35. The normalized spacial score (nSPS) is 12.8. The maximum Gasteiger partial charge on any atom is 0.341 e. The molecule has 2 aromatic rings. The van der Waals surface area contributed by atoms with Crippen LogP contribution < -0.4 is 14.8 Å². The van der Waals surface area contributed by atoms with Gasteiger partial charge in [-0.05, 0) is 77.6 Å². The number of methoxy groups -OCH3 is 1. The van der Waals surface area contributed by atoms with E-state index in [9.17, 15) is 20.1 Å². The minimum Gasteiger partial charge on any atom is -0.493 e. The molecule has 0 unspecified atom stereocenters. The number of amides is 1. The number of halogens is 1. The zero-order valence-corrected chi connectivity index (χ0v) is 20.0. The van der Waals surface area contributed by atoms with Crippen LogP contribution in [0.15, 0.2) is 17.7 Å². The number of aryl methyl sites for hydroxylation is 1. The average molecular weight is 563 g/mol. The molecule has 10 heteroatoms. The smallest absolute Gasteiger partial charge is 0.341 e. The Morgan fingerprint density at radius 1 is 1.31 bits per heavy atom. The molecule has 0 bridgehead atoms. The number of anilines is 1. The van der Waals surface area contributed by atoms with Crippen LogP contribution >= 0.6 is 33.9 Å². The van der Waals surface area contributed by atoms with Crippen LogP contribution in [-0.4, -0.2) is 30.7 Å². The van der Waals surface area contributed by atoms with Gasteiger partial charge in [-0.2, -0.15) is 10.5 Å². The summed E-state index contributed by atoms with van der Waals surface area (Å²) in [6, 6.07) is 7.28. The molecular weight excluding hydrogens is 545 g/mol. The second kappa shape index (κ2) is 10.5. The highest BCUT2D eigenvalue weighted by Crippen LogP contribution is 2.38. The van der Waals surface area contributed by atoms with Crippen molar-refractivity contribution in [2.45, 2.75) is 25.7 Å². The van der Waals surface area contributed by atoms with Gasteiger partial charge in [0.25, 0.3) is 5.91 Å². The summed E-state index contributed by atoms with van der Waals surface area (Å²) in [5, 5.41) is 31.1. The Morgan fingerprint density at radius 3 is 2.72 bits per heavy atom. The van der Waals surface area contributed by atoms with Crippen molar-refractivity contribution in [3.8, 4) is 23.6 Å². The van der Waals surface area contributed by atoms with Crippen LogP contribution in [0.3, 0.4) is 0 Å². The molecule has 0 fully saturated rings. The van der Waals surface area contributed by atoms with Crippen LogP contribution in [-0.2, 0) is 22.4 Å². The van der Waals surface area contributed by atoms with Gasteiger partial charge in [-0.1, -0.05) is 0 Å². The second-order valence-corrected chi connectivity index (χ2v) is 9.13. The van der Waals surface area contributed by atoms with Crippen molar-refractivity contribution in [3.05, 3.63) is 42.8 Å². The molecule has 0 spiro atoms. The lowest BCUT2D eigenvalue weighted by Crippen LogP contribution is -2.13. The van der Waals surface area contributed by atoms with E-state index in [0.717, 1.165) is 36.1 Å². The molecule has 8 nitrogen and oxygen atoms in total. The summed E-state index contributed by atoms with van der Waals surface area (Å²) in [5.41, 5.74) is 1.84. The number of ether oxygens (including phenoxy) is 2. The van der Waals surface area contributed by atoms with E-state index in [4.69, 9.17) is 14.6 Å². The van der Waals surface area contributed by atoms with Crippen molar-refractivity contribution in [1.82, 2.24) is 0 Å². The molecule has 0 radical (unpaired) electrons. The molecule has 164 valence electrons. The third-order valence-corrected chi connectivity index (χ3v) is 6.79. The molecular formula is C22H18IN3O5S. The van der Waals surface area contributed by atoms with Gasteiger partial charge in [0, 0.05) is 4.88 Å². The molecule has 3 rings (SSSR count). The van der Waals surface area contributed by atoms with Crippen LogP contribution in [0.1, 0.15) is 34.4 Å². The number of carbonyl (C=O) groups excluding carboxylic acids is 1. The number of benzene rings is 1. The predicted molar refractivity (Wildman–Crippen MR) is 127 cm³/mol. The van der Waals surface area contributed by atoms with Crippen LogP contribution in [0.5, 0.6) is 11.5 Å². The fourth-order valence-electron chi connectivity index (χ4n) is 3.36. The quantitative estimate of drug-likeness (QED) is 0.294. The van der Waals surface area contributed by atoms with Crippen molar-refractivity contribution < 1.29 is 24.2 Å². The van der Waals surface area contributed by atoms with Gasteiger partial charge in [0.2, 0.25) is 0 Å². The van der Waals surface area contributed by atoms with Gasteiger partial charge < -0.3 is 19.9 Å². The molecule has 32 heavy (non-hydrogen) atoms. The van der Waals surface area contributed by atoms with Gasteiger partial charge >= 0.3 is 5.97 Å². The summed E-state index contributed by atoms with van der Waals surface area (Å²) in [4.78, 5) is 24.7. The standard InChI is InChI=1S/C22H18IN3O5S/c1-30-17-8-12(7-16(23)20(17)31-11-19(27)28)6-13(9-24)21(29)26-22-15(10-25)14-4-2-3-5-18(14)32-22/h6-8H,2-5,11H2,1H3,(H,26,29)(H,27,28). The number of thiophene rings is 1. The van der Waals surface area contributed by atoms with Crippen molar-refractivity contribution in [2.75, 3.05) is 19.0 Å². The molecule has 0 saturated carbocycles. The Balaban J connectivity index is 1.88. The molecule has 1 heterocycles. The molecule has 1 aromatic heterocycles. The van der Waals surface area contributed by atoms with Crippen molar-refractivity contribution in [1.29, 1.82) is 10.5 Å². The summed E-state index contributed by atoms with van der Waals surface area (Å²) in [7, 11) is 1.41. The highest BCUT2D eigenvalue weighted by atomic mass is 127. The molecule has 0 aliphatic heterocycles. The first-order valence-corrected chi connectivity index (χ1v) is 11.5. The number of fused-ring (bicyclic) bond motifs is 1. The second-order valence-electron chi connectivity index (χ2n) is 6.87. The van der Waals surface area contributed by atoms with Crippen LogP contribution in [0.4, 0.5) is 5.00 Å². The van der Waals surface area contributed by atoms with Crippen LogP contribution in [0, 0.1) is 26.2 Å². The van der Waals surface area contributed by atoms with Gasteiger partial charge in [-0.3, -0.25) is 4.79 Å². The van der Waals surface area contributed by atoms with Gasteiger partial charge in [-0.25, -0.2) is 4.79 Å². The lowest BCUT2D eigenvalue weighted by molar-refractivity contribution is -0.139. The predicted octanol–water partition coefficient (Wildman–Crippen LogP) is 4.12. The number of nitrogens with zero attached hydrogens (tertiary/aromatic N) is 2. The topological polar surface area (TPSA) is 132 Å². The highest BCUT2D eigenvalue weighted by molar-refractivity contribution is 14.1. The Bertz CT molecular complexity index is 1190. The Morgan fingerprint density at radius 2 is 2.06 bits per heavy atom. The summed E-state index contributed by atoms with van der Waals surface area (Å²) in [6.45, 7) is -0.528. The molecule has 1 aliphatic rings. The fraction of sp³-hybridized carbons (Fsp3) is 0.273. The van der Waals surface area contributed by atoms with Crippen molar-refractivity contribution >= 4 is 56.9 Å². The minimum absolute atomic E-state index is 0.141. The third kappa shape index (κ3) is 5.21.